The third kappa shape index (κ3) is 4.78. The van der Waals surface area contributed by atoms with Crippen LogP contribution < -0.4 is 5.32 Å². The summed E-state index contributed by atoms with van der Waals surface area (Å²) in [7, 11) is 0. The maximum absolute atomic E-state index is 9.49. The summed E-state index contributed by atoms with van der Waals surface area (Å²) in [5.74, 6) is 0. The van der Waals surface area contributed by atoms with Crippen LogP contribution in [-0.2, 0) is 4.74 Å². The summed E-state index contributed by atoms with van der Waals surface area (Å²) in [5, 5.41) is 12.9. The predicted molar refractivity (Wildman–Crippen MR) is 65.7 cm³/mol. The largest absolute Gasteiger partial charge is 0.394 e. The predicted octanol–water partition coefficient (Wildman–Crippen LogP) is 0.459. The van der Waals surface area contributed by atoms with Crippen molar-refractivity contribution in [2.24, 2.45) is 0 Å². The van der Waals surface area contributed by atoms with Crippen LogP contribution in [0.2, 0.25) is 0 Å². The first kappa shape index (κ1) is 13.9. The molecule has 0 aromatic rings. The van der Waals surface area contributed by atoms with Crippen molar-refractivity contribution in [1.29, 1.82) is 0 Å². The third-order valence-electron chi connectivity index (χ3n) is 3.04. The van der Waals surface area contributed by atoms with Crippen LogP contribution in [0.3, 0.4) is 0 Å². The van der Waals surface area contributed by atoms with Crippen LogP contribution in [0, 0.1) is 0 Å². The fraction of sp³-hybridized carbons (Fsp3) is 1.00. The summed E-state index contributed by atoms with van der Waals surface area (Å²) in [6.07, 6.45) is 2.19. The molecule has 4 nitrogen and oxygen atoms in total. The number of aliphatic hydroxyl groups excluding tert-OH is 1. The van der Waals surface area contributed by atoms with Crippen LogP contribution in [0.25, 0.3) is 0 Å². The number of rotatable bonds is 6. The first-order valence-corrected chi connectivity index (χ1v) is 6.36. The van der Waals surface area contributed by atoms with E-state index in [9.17, 15) is 5.11 Å². The average molecular weight is 230 g/mol. The SMILES string of the molecule is CCCNC(C)(CO)CN1CCCOCC1. The number of ether oxygens (including phenoxy) is 1. The van der Waals surface area contributed by atoms with E-state index in [1.165, 1.54) is 0 Å². The van der Waals surface area contributed by atoms with Crippen molar-refractivity contribution in [1.82, 2.24) is 10.2 Å². The van der Waals surface area contributed by atoms with Crippen LogP contribution >= 0.6 is 0 Å². The molecule has 1 aliphatic heterocycles. The molecular weight excluding hydrogens is 204 g/mol. The Morgan fingerprint density at radius 2 is 2.19 bits per heavy atom. The maximum atomic E-state index is 9.49. The first-order chi connectivity index (χ1) is 7.70. The van der Waals surface area contributed by atoms with E-state index in [0.29, 0.717) is 0 Å². The van der Waals surface area contributed by atoms with E-state index in [1.54, 1.807) is 0 Å². The van der Waals surface area contributed by atoms with Crippen molar-refractivity contribution in [2.45, 2.75) is 32.2 Å². The van der Waals surface area contributed by atoms with Crippen LogP contribution in [-0.4, -0.2) is 61.5 Å². The number of aliphatic hydroxyl groups is 1. The summed E-state index contributed by atoms with van der Waals surface area (Å²) >= 11 is 0. The molecule has 1 unspecified atom stereocenters. The minimum Gasteiger partial charge on any atom is -0.394 e. The van der Waals surface area contributed by atoms with Crippen LogP contribution in [0.1, 0.15) is 26.7 Å². The zero-order valence-electron chi connectivity index (χ0n) is 10.7. The standard InChI is InChI=1S/C12H26N2O2/c1-3-5-13-12(2,11-15)10-14-6-4-8-16-9-7-14/h13,15H,3-11H2,1-2H3. The molecule has 4 heteroatoms. The van der Waals surface area contributed by atoms with Crippen LogP contribution in [0.15, 0.2) is 0 Å². The lowest BCUT2D eigenvalue weighted by molar-refractivity contribution is 0.109. The second-order valence-corrected chi connectivity index (χ2v) is 4.89. The van der Waals surface area contributed by atoms with Crippen LogP contribution in [0.5, 0.6) is 0 Å². The Balaban J connectivity index is 2.40. The summed E-state index contributed by atoms with van der Waals surface area (Å²) in [6, 6.07) is 0. The molecule has 0 bridgehead atoms. The third-order valence-corrected chi connectivity index (χ3v) is 3.04. The fourth-order valence-corrected chi connectivity index (χ4v) is 2.04. The quantitative estimate of drug-likeness (QED) is 0.696. The highest BCUT2D eigenvalue weighted by atomic mass is 16.5. The first-order valence-electron chi connectivity index (χ1n) is 6.36. The van der Waals surface area contributed by atoms with Gasteiger partial charge in [-0.15, -0.1) is 0 Å². The Kier molecular flexibility index (Phi) is 6.28. The zero-order chi connectivity index (χ0) is 11.9. The van der Waals surface area contributed by atoms with Gasteiger partial charge in [0.25, 0.3) is 0 Å². The van der Waals surface area contributed by atoms with Gasteiger partial charge in [0.05, 0.1) is 18.8 Å². The van der Waals surface area contributed by atoms with Crippen molar-refractivity contribution in [3.05, 3.63) is 0 Å². The smallest absolute Gasteiger partial charge is 0.0623 e. The lowest BCUT2D eigenvalue weighted by atomic mass is 10.0. The molecule has 1 saturated heterocycles. The number of nitrogens with zero attached hydrogens (tertiary/aromatic N) is 1. The van der Waals surface area contributed by atoms with Gasteiger partial charge in [0.15, 0.2) is 0 Å². The minimum absolute atomic E-state index is 0.180. The molecule has 0 saturated carbocycles. The van der Waals surface area contributed by atoms with Gasteiger partial charge in [-0.3, -0.25) is 4.90 Å². The van der Waals surface area contributed by atoms with Gasteiger partial charge in [0.2, 0.25) is 0 Å². The Labute approximate surface area is 99.0 Å². The van der Waals surface area contributed by atoms with Crippen molar-refractivity contribution in [3.8, 4) is 0 Å². The monoisotopic (exact) mass is 230 g/mol. The molecule has 1 heterocycles. The van der Waals surface area contributed by atoms with E-state index >= 15 is 0 Å². The molecule has 0 aromatic carbocycles. The minimum atomic E-state index is -0.180. The van der Waals surface area contributed by atoms with E-state index in [0.717, 1.165) is 52.2 Å². The molecule has 0 aliphatic carbocycles. The molecule has 0 spiro atoms. The Morgan fingerprint density at radius 3 is 2.88 bits per heavy atom. The van der Waals surface area contributed by atoms with E-state index in [4.69, 9.17) is 4.74 Å². The van der Waals surface area contributed by atoms with Gasteiger partial charge < -0.3 is 15.2 Å². The summed E-state index contributed by atoms with van der Waals surface area (Å²) in [4.78, 5) is 2.38. The summed E-state index contributed by atoms with van der Waals surface area (Å²) in [5.41, 5.74) is -0.180. The second kappa shape index (κ2) is 7.22. The number of hydrogen-bond acceptors (Lipinski definition) is 4. The van der Waals surface area contributed by atoms with Crippen LogP contribution in [0.4, 0.5) is 0 Å². The van der Waals surface area contributed by atoms with Gasteiger partial charge in [0, 0.05) is 26.2 Å². The summed E-state index contributed by atoms with van der Waals surface area (Å²) in [6.45, 7) is 10.0. The van der Waals surface area contributed by atoms with Gasteiger partial charge in [-0.25, -0.2) is 0 Å². The molecular formula is C12H26N2O2. The Morgan fingerprint density at radius 1 is 1.38 bits per heavy atom. The lowest BCUT2D eigenvalue weighted by Crippen LogP contribution is -2.54. The van der Waals surface area contributed by atoms with Crippen molar-refractivity contribution < 1.29 is 9.84 Å². The van der Waals surface area contributed by atoms with Gasteiger partial charge >= 0.3 is 0 Å². The molecule has 0 amide bonds. The number of hydrogen-bond donors (Lipinski definition) is 2. The van der Waals surface area contributed by atoms with Gasteiger partial charge in [-0.2, -0.15) is 0 Å². The Bertz CT molecular complexity index is 182. The Hall–Kier alpha value is -0.160. The van der Waals surface area contributed by atoms with Crippen molar-refractivity contribution >= 4 is 0 Å². The molecule has 16 heavy (non-hydrogen) atoms. The molecule has 1 aliphatic rings. The lowest BCUT2D eigenvalue weighted by Gasteiger charge is -2.34. The van der Waals surface area contributed by atoms with Crippen molar-refractivity contribution in [2.75, 3.05) is 46.0 Å². The normalized spacial score (nSPS) is 22.7. The molecule has 0 aromatic heterocycles. The highest BCUT2D eigenvalue weighted by Gasteiger charge is 2.25. The van der Waals surface area contributed by atoms with Gasteiger partial charge in [0.1, 0.15) is 0 Å². The highest BCUT2D eigenvalue weighted by molar-refractivity contribution is 4.86. The number of nitrogens with one attached hydrogen (secondary N) is 1. The summed E-state index contributed by atoms with van der Waals surface area (Å²) < 4.78 is 5.43. The zero-order valence-corrected chi connectivity index (χ0v) is 10.7. The molecule has 1 fully saturated rings. The van der Waals surface area contributed by atoms with Gasteiger partial charge in [-0.1, -0.05) is 6.92 Å². The molecule has 96 valence electrons. The molecule has 1 rings (SSSR count). The average Bonchev–Trinajstić information content (AvgIpc) is 2.55. The van der Waals surface area contributed by atoms with E-state index in [-0.39, 0.29) is 12.1 Å². The highest BCUT2D eigenvalue weighted by Crippen LogP contribution is 2.08. The van der Waals surface area contributed by atoms with E-state index in [2.05, 4.69) is 24.1 Å². The topological polar surface area (TPSA) is 44.7 Å². The second-order valence-electron chi connectivity index (χ2n) is 4.89. The molecule has 2 N–H and O–H groups in total. The maximum Gasteiger partial charge on any atom is 0.0623 e. The van der Waals surface area contributed by atoms with Crippen molar-refractivity contribution in [3.63, 3.8) is 0 Å². The fourth-order valence-electron chi connectivity index (χ4n) is 2.04. The molecule has 0 radical (unpaired) electrons. The van der Waals surface area contributed by atoms with Gasteiger partial charge in [-0.05, 0) is 26.3 Å². The van der Waals surface area contributed by atoms with E-state index in [1.807, 2.05) is 0 Å². The molecule has 1 atom stereocenters. The van der Waals surface area contributed by atoms with E-state index < -0.39 is 0 Å².